The Labute approximate surface area is 172 Å². The van der Waals surface area contributed by atoms with Crippen LogP contribution < -0.4 is 0 Å². The van der Waals surface area contributed by atoms with Crippen LogP contribution in [0.5, 0.6) is 0 Å². The Morgan fingerprint density at radius 3 is 1.72 bits per heavy atom. The van der Waals surface area contributed by atoms with Gasteiger partial charge in [-0.05, 0) is 13.8 Å². The molecule has 188 valence electrons. The summed E-state index contributed by atoms with van der Waals surface area (Å²) in [5.74, 6) is -7.89. The summed E-state index contributed by atoms with van der Waals surface area (Å²) >= 11 is 0. The first-order chi connectivity index (χ1) is 13.9. The maximum absolute atomic E-state index is 12.6. The molecule has 0 aromatic heterocycles. The lowest BCUT2D eigenvalue weighted by molar-refractivity contribution is -0.275. The molecule has 0 rings (SSSR count). The maximum Gasteiger partial charge on any atom is 0.432 e. The van der Waals surface area contributed by atoms with Crippen molar-refractivity contribution >= 4 is 11.9 Å². The van der Waals surface area contributed by atoms with E-state index in [0.717, 1.165) is 13.8 Å². The van der Waals surface area contributed by atoms with E-state index in [4.69, 9.17) is 5.11 Å². The quantitative estimate of drug-likeness (QED) is 0.255. The van der Waals surface area contributed by atoms with Crippen molar-refractivity contribution in [3.05, 3.63) is 23.8 Å². The molecule has 0 amide bonds. The number of allylic oxidation sites excluding steroid dienone is 1. The Bertz CT molecular complexity index is 694. The molecule has 0 radical (unpaired) electrons. The number of carbonyl (C=O) groups excluding carboxylic acids is 1. The lowest BCUT2D eigenvalue weighted by Crippen LogP contribution is -2.41. The Kier molecular flexibility index (Phi) is 11.4. The van der Waals surface area contributed by atoms with Gasteiger partial charge in [0.15, 0.2) is 0 Å². The number of ether oxygens (including phenoxy) is 1. The van der Waals surface area contributed by atoms with Gasteiger partial charge < -0.3 is 9.84 Å². The number of aliphatic carboxylic acids is 1. The molecule has 0 bridgehead atoms. The highest BCUT2D eigenvalue weighted by Crippen LogP contribution is 2.37. The van der Waals surface area contributed by atoms with Crippen LogP contribution in [0.25, 0.3) is 0 Å². The van der Waals surface area contributed by atoms with E-state index < -0.39 is 72.7 Å². The summed E-state index contributed by atoms with van der Waals surface area (Å²) in [6.45, 7) is 4.83. The number of esters is 1. The summed E-state index contributed by atoms with van der Waals surface area (Å²) < 4.78 is 148. The normalized spacial score (nSPS) is 15.2. The Morgan fingerprint density at radius 2 is 1.41 bits per heavy atom. The van der Waals surface area contributed by atoms with Crippen molar-refractivity contribution in [3.8, 4) is 0 Å². The summed E-state index contributed by atoms with van der Waals surface area (Å²) in [4.78, 5) is 20.7. The maximum atomic E-state index is 12.6. The summed E-state index contributed by atoms with van der Waals surface area (Å²) in [7, 11) is 0. The van der Waals surface area contributed by atoms with E-state index in [1.807, 2.05) is 0 Å². The van der Waals surface area contributed by atoms with Crippen LogP contribution in [0.1, 0.15) is 26.7 Å². The molecule has 0 spiro atoms. The molecule has 0 saturated carbocycles. The third-order valence-corrected chi connectivity index (χ3v) is 3.03. The molecule has 32 heavy (non-hydrogen) atoms. The predicted molar refractivity (Wildman–Crippen MR) is 83.3 cm³/mol. The van der Waals surface area contributed by atoms with Gasteiger partial charge in [0.05, 0.1) is 6.42 Å². The van der Waals surface area contributed by atoms with Crippen LogP contribution in [-0.2, 0) is 14.3 Å². The van der Waals surface area contributed by atoms with Gasteiger partial charge in [0.1, 0.15) is 0 Å². The first-order valence-corrected chi connectivity index (χ1v) is 7.90. The molecular formula is C16H16F12O4. The Balaban J connectivity index is 0. The first-order valence-electron chi connectivity index (χ1n) is 7.90. The average molecular weight is 500 g/mol. The van der Waals surface area contributed by atoms with Crippen LogP contribution in [0.3, 0.4) is 0 Å². The molecule has 0 aliphatic carbocycles. The van der Waals surface area contributed by atoms with E-state index in [2.05, 4.69) is 11.3 Å². The fourth-order valence-corrected chi connectivity index (χ4v) is 1.32. The molecular weight excluding hydrogens is 484 g/mol. The lowest BCUT2D eigenvalue weighted by Gasteiger charge is -2.21. The highest BCUT2D eigenvalue weighted by Gasteiger charge is 2.56. The fraction of sp³-hybridized carbons (Fsp3) is 0.625. The van der Waals surface area contributed by atoms with Crippen LogP contribution in [0, 0.1) is 0 Å². The number of carboxylic acid groups (broad SMARTS) is 1. The number of carboxylic acids is 1. The largest absolute Gasteiger partial charge is 0.478 e. The number of hydrogen-bond acceptors (Lipinski definition) is 3. The molecule has 1 N–H and O–H groups in total. The van der Waals surface area contributed by atoms with Crippen LogP contribution in [0.15, 0.2) is 23.8 Å². The predicted octanol–water partition coefficient (Wildman–Crippen LogP) is 5.93. The standard InChI is InChI=1S/2C8H8F6O2/c1-4(2)6(15)16-8(13,14)5(9)3-7(10,11)12;1-4(5(15)16)2-3-7(10,11)6(9)8(12,13)14/h5H,1,3H2,2H3;2,6H,3H2,1H3,(H,15,16). The highest BCUT2D eigenvalue weighted by atomic mass is 19.4. The third kappa shape index (κ3) is 12.4. The van der Waals surface area contributed by atoms with Crippen LogP contribution in [0.4, 0.5) is 52.7 Å². The smallest absolute Gasteiger partial charge is 0.432 e. The zero-order chi connectivity index (χ0) is 26.3. The molecule has 16 heteroatoms. The van der Waals surface area contributed by atoms with Gasteiger partial charge in [0, 0.05) is 17.6 Å². The molecule has 0 aliphatic heterocycles. The zero-order valence-corrected chi connectivity index (χ0v) is 16.1. The van der Waals surface area contributed by atoms with Gasteiger partial charge in [-0.1, -0.05) is 12.7 Å². The minimum Gasteiger partial charge on any atom is -0.478 e. The molecule has 2 unspecified atom stereocenters. The summed E-state index contributed by atoms with van der Waals surface area (Å²) in [6, 6.07) is 0. The van der Waals surface area contributed by atoms with Gasteiger partial charge in [-0.15, -0.1) is 0 Å². The van der Waals surface area contributed by atoms with Gasteiger partial charge in [-0.25, -0.2) is 27.2 Å². The van der Waals surface area contributed by atoms with Crippen molar-refractivity contribution in [3.63, 3.8) is 0 Å². The first kappa shape index (κ1) is 31.8. The summed E-state index contributed by atoms with van der Waals surface area (Å²) in [6.07, 6.45) is -27.2. The van der Waals surface area contributed by atoms with Gasteiger partial charge >= 0.3 is 30.4 Å². The van der Waals surface area contributed by atoms with Crippen molar-refractivity contribution in [2.75, 3.05) is 0 Å². The van der Waals surface area contributed by atoms with E-state index in [-0.39, 0.29) is 0 Å². The van der Waals surface area contributed by atoms with Crippen LogP contribution >= 0.6 is 0 Å². The van der Waals surface area contributed by atoms with E-state index in [0.29, 0.717) is 6.08 Å². The minimum absolute atomic E-state index is 0.348. The van der Waals surface area contributed by atoms with Gasteiger partial charge in [0.25, 0.3) is 12.1 Å². The van der Waals surface area contributed by atoms with Gasteiger partial charge in [0.2, 0.25) is 6.17 Å². The lowest BCUT2D eigenvalue weighted by atomic mass is 10.1. The van der Waals surface area contributed by atoms with E-state index >= 15 is 0 Å². The molecule has 0 aromatic rings. The van der Waals surface area contributed by atoms with Crippen molar-refractivity contribution in [1.29, 1.82) is 0 Å². The summed E-state index contributed by atoms with van der Waals surface area (Å²) in [5, 5.41) is 8.25. The van der Waals surface area contributed by atoms with E-state index in [1.54, 1.807) is 0 Å². The fourth-order valence-electron chi connectivity index (χ4n) is 1.32. The van der Waals surface area contributed by atoms with Crippen molar-refractivity contribution in [2.45, 2.75) is 63.4 Å². The second-order valence-electron chi connectivity index (χ2n) is 6.08. The molecule has 2 atom stereocenters. The number of halogens is 12. The number of carbonyl (C=O) groups is 2. The molecule has 0 aromatic carbocycles. The monoisotopic (exact) mass is 500 g/mol. The molecule has 0 saturated heterocycles. The van der Waals surface area contributed by atoms with E-state index in [9.17, 15) is 62.3 Å². The van der Waals surface area contributed by atoms with Crippen molar-refractivity contribution in [1.82, 2.24) is 0 Å². The highest BCUT2D eigenvalue weighted by molar-refractivity contribution is 5.87. The molecule has 4 nitrogen and oxygen atoms in total. The summed E-state index contributed by atoms with van der Waals surface area (Å²) in [5.41, 5.74) is -1.05. The number of alkyl halides is 12. The van der Waals surface area contributed by atoms with Crippen LogP contribution in [-0.4, -0.2) is 53.8 Å². The van der Waals surface area contributed by atoms with Crippen molar-refractivity contribution < 1.29 is 72.1 Å². The third-order valence-electron chi connectivity index (χ3n) is 3.03. The van der Waals surface area contributed by atoms with Gasteiger partial charge in [-0.2, -0.15) is 35.1 Å². The van der Waals surface area contributed by atoms with Crippen LogP contribution in [0.2, 0.25) is 0 Å². The second kappa shape index (κ2) is 11.4. The SMILES string of the molecule is C=C(C)C(=O)OC(F)(F)C(F)CC(F)(F)F.CC(=CCC(F)(F)C(F)C(F)(F)F)C(=O)O. The number of rotatable bonds is 8. The van der Waals surface area contributed by atoms with Gasteiger partial charge in [-0.3, -0.25) is 0 Å². The average Bonchev–Trinajstić information content (AvgIpc) is 2.56. The van der Waals surface area contributed by atoms with Crippen molar-refractivity contribution in [2.24, 2.45) is 0 Å². The zero-order valence-electron chi connectivity index (χ0n) is 16.1. The topological polar surface area (TPSA) is 63.6 Å². The molecule has 0 heterocycles. The second-order valence-corrected chi connectivity index (χ2v) is 6.08. The Morgan fingerprint density at radius 1 is 0.969 bits per heavy atom. The molecule has 0 aliphatic rings. The number of hydrogen-bond donors (Lipinski definition) is 1. The molecule has 0 fully saturated rings. The van der Waals surface area contributed by atoms with E-state index in [1.165, 1.54) is 0 Å². The minimum atomic E-state index is -5.67. The Hall–Kier alpha value is -2.42.